The number of carboxylic acid groups (broad SMARTS) is 1. The van der Waals surface area contributed by atoms with Gasteiger partial charge in [-0.1, -0.05) is 6.42 Å². The zero-order valence-corrected chi connectivity index (χ0v) is 15.6. The average Bonchev–Trinajstić information content (AvgIpc) is 3.01. The summed E-state index contributed by atoms with van der Waals surface area (Å²) in [6.45, 7) is 0. The van der Waals surface area contributed by atoms with Crippen molar-refractivity contribution in [2.75, 3.05) is 33.1 Å². The highest BCUT2D eigenvalue weighted by Gasteiger charge is 2.19. The fraction of sp³-hybridized carbons (Fsp3) is 0.526. The number of anilines is 1. The molecule has 0 aliphatic heterocycles. The summed E-state index contributed by atoms with van der Waals surface area (Å²) in [5, 5.41) is 12.8. The van der Waals surface area contributed by atoms with Crippen molar-refractivity contribution in [3.63, 3.8) is 0 Å². The molecule has 1 aromatic heterocycles. The van der Waals surface area contributed by atoms with E-state index in [1.165, 1.54) is 19.3 Å². The molecule has 25 heavy (non-hydrogen) atoms. The molecule has 138 valence electrons. The number of nitrogens with one attached hydrogen (secondary N) is 2. The molecule has 1 fully saturated rings. The lowest BCUT2D eigenvalue weighted by atomic mass is 9.98. The minimum atomic E-state index is -0.953. The van der Waals surface area contributed by atoms with Gasteiger partial charge in [0.05, 0.1) is 11.6 Å². The minimum Gasteiger partial charge on any atom is -0.490 e. The minimum absolute atomic E-state index is 0.194. The Bertz CT molecular complexity index is 703. The zero-order chi connectivity index (χ0) is 18.4. The summed E-state index contributed by atoms with van der Waals surface area (Å²) < 4.78 is 6.21. The lowest BCUT2D eigenvalue weighted by Crippen LogP contribution is -2.20. The second-order valence-corrected chi connectivity index (χ2v) is 6.67. The Labute approximate surface area is 149 Å². The number of benzene rings is 1. The molecule has 6 heteroatoms. The van der Waals surface area contributed by atoms with Crippen molar-refractivity contribution in [1.29, 1.82) is 0 Å². The second kappa shape index (κ2) is 8.76. The van der Waals surface area contributed by atoms with Crippen LogP contribution < -0.4 is 15.0 Å². The molecular formula is C19H29N3O3. The third-order valence-corrected chi connectivity index (χ3v) is 4.28. The van der Waals surface area contributed by atoms with Gasteiger partial charge in [0.15, 0.2) is 0 Å². The Morgan fingerprint density at radius 2 is 1.84 bits per heavy atom. The van der Waals surface area contributed by atoms with Crippen molar-refractivity contribution in [2.24, 2.45) is 0 Å². The molecule has 0 unspecified atom stereocenters. The molecule has 1 heterocycles. The molecule has 1 saturated carbocycles. The first-order chi connectivity index (χ1) is 12.0. The van der Waals surface area contributed by atoms with Gasteiger partial charge in [0.25, 0.3) is 0 Å². The summed E-state index contributed by atoms with van der Waals surface area (Å²) in [4.78, 5) is 16.2. The van der Waals surface area contributed by atoms with E-state index in [2.05, 4.69) is 10.3 Å². The van der Waals surface area contributed by atoms with Gasteiger partial charge in [-0.15, -0.1) is 0 Å². The standard InChI is InChI=1S/C17H22N2O3.C2H7N/c1-19(2)11-8-14-13(10-15(18-14)17(20)21)16(9-11)22-12-6-4-3-5-7-12;1-3-2/h8-10,12,18H,3-7H2,1-2H3,(H,20,21);3H,1-2H3. The monoisotopic (exact) mass is 347 g/mol. The summed E-state index contributed by atoms with van der Waals surface area (Å²) in [5.41, 5.74) is 1.99. The van der Waals surface area contributed by atoms with Crippen molar-refractivity contribution in [3.8, 4) is 5.75 Å². The second-order valence-electron chi connectivity index (χ2n) is 6.67. The van der Waals surface area contributed by atoms with Gasteiger partial charge in [-0.2, -0.15) is 0 Å². The number of aromatic carboxylic acids is 1. The number of carboxylic acids is 1. The topological polar surface area (TPSA) is 77.6 Å². The Morgan fingerprint density at radius 1 is 1.20 bits per heavy atom. The van der Waals surface area contributed by atoms with Crippen LogP contribution in [0.5, 0.6) is 5.75 Å². The van der Waals surface area contributed by atoms with Gasteiger partial charge in [0, 0.05) is 31.2 Å². The predicted molar refractivity (Wildman–Crippen MR) is 102 cm³/mol. The highest BCUT2D eigenvalue weighted by molar-refractivity contribution is 5.97. The molecule has 0 atom stereocenters. The summed E-state index contributed by atoms with van der Waals surface area (Å²) in [6, 6.07) is 5.61. The maximum Gasteiger partial charge on any atom is 0.352 e. The summed E-state index contributed by atoms with van der Waals surface area (Å²) in [5.74, 6) is -0.178. The van der Waals surface area contributed by atoms with Crippen molar-refractivity contribution in [2.45, 2.75) is 38.2 Å². The normalized spacial score (nSPS) is 14.7. The van der Waals surface area contributed by atoms with Gasteiger partial charge in [-0.3, -0.25) is 0 Å². The molecule has 2 aromatic rings. The Balaban J connectivity index is 0.000000701. The average molecular weight is 347 g/mol. The number of nitrogens with zero attached hydrogens (tertiary/aromatic N) is 1. The number of fused-ring (bicyclic) bond motifs is 1. The van der Waals surface area contributed by atoms with Crippen LogP contribution in [0.3, 0.4) is 0 Å². The van der Waals surface area contributed by atoms with Gasteiger partial charge in [0.2, 0.25) is 0 Å². The molecule has 0 radical (unpaired) electrons. The molecule has 0 amide bonds. The number of hydrogen-bond donors (Lipinski definition) is 3. The fourth-order valence-corrected chi connectivity index (χ4v) is 3.02. The number of rotatable bonds is 4. The van der Waals surface area contributed by atoms with E-state index in [9.17, 15) is 9.90 Å². The molecule has 0 spiro atoms. The van der Waals surface area contributed by atoms with Crippen molar-refractivity contribution >= 4 is 22.6 Å². The molecule has 0 bridgehead atoms. The van der Waals surface area contributed by atoms with Crippen LogP contribution in [0.15, 0.2) is 18.2 Å². The molecule has 1 aliphatic rings. The first-order valence-electron chi connectivity index (χ1n) is 8.78. The first-order valence-corrected chi connectivity index (χ1v) is 8.78. The van der Waals surface area contributed by atoms with Crippen LogP contribution in [0.25, 0.3) is 10.9 Å². The van der Waals surface area contributed by atoms with Crippen LogP contribution in [0.4, 0.5) is 5.69 Å². The SMILES string of the molecule is CN(C)c1cc(OC2CCCCC2)c2cc(C(=O)O)[nH]c2c1.CNC. The lowest BCUT2D eigenvalue weighted by molar-refractivity contribution is 0.0691. The Morgan fingerprint density at radius 3 is 2.40 bits per heavy atom. The van der Waals surface area contributed by atoms with Crippen LogP contribution >= 0.6 is 0 Å². The first kappa shape index (κ1) is 19.1. The number of hydrogen-bond acceptors (Lipinski definition) is 4. The van der Waals surface area contributed by atoms with Gasteiger partial charge < -0.3 is 25.0 Å². The van der Waals surface area contributed by atoms with Gasteiger partial charge in [-0.25, -0.2) is 4.79 Å². The zero-order valence-electron chi connectivity index (χ0n) is 15.6. The third kappa shape index (κ3) is 4.89. The Hall–Kier alpha value is -2.21. The van der Waals surface area contributed by atoms with Crippen molar-refractivity contribution in [3.05, 3.63) is 23.9 Å². The molecule has 1 aromatic carbocycles. The van der Waals surface area contributed by atoms with E-state index in [1.807, 2.05) is 45.2 Å². The Kier molecular flexibility index (Phi) is 6.70. The van der Waals surface area contributed by atoms with E-state index in [0.29, 0.717) is 0 Å². The van der Waals surface area contributed by atoms with Gasteiger partial charge >= 0.3 is 5.97 Å². The number of H-pyrrole nitrogens is 1. The van der Waals surface area contributed by atoms with Gasteiger partial charge in [0.1, 0.15) is 11.4 Å². The largest absolute Gasteiger partial charge is 0.490 e. The van der Waals surface area contributed by atoms with Crippen LogP contribution in [-0.4, -0.2) is 50.4 Å². The van der Waals surface area contributed by atoms with E-state index in [4.69, 9.17) is 4.74 Å². The highest BCUT2D eigenvalue weighted by Crippen LogP contribution is 2.34. The van der Waals surface area contributed by atoms with Crippen LogP contribution in [0.2, 0.25) is 0 Å². The van der Waals surface area contributed by atoms with Crippen molar-refractivity contribution < 1.29 is 14.6 Å². The number of ether oxygens (including phenoxy) is 1. The molecule has 3 N–H and O–H groups in total. The molecule has 3 rings (SSSR count). The predicted octanol–water partition coefficient (Wildman–Crippen LogP) is 3.48. The van der Waals surface area contributed by atoms with E-state index in [-0.39, 0.29) is 11.8 Å². The quantitative estimate of drug-likeness (QED) is 0.789. The van der Waals surface area contributed by atoms with Gasteiger partial charge in [-0.05, 0) is 51.9 Å². The summed E-state index contributed by atoms with van der Waals surface area (Å²) in [7, 11) is 7.68. The summed E-state index contributed by atoms with van der Waals surface area (Å²) >= 11 is 0. The van der Waals surface area contributed by atoms with Crippen molar-refractivity contribution in [1.82, 2.24) is 10.3 Å². The third-order valence-electron chi connectivity index (χ3n) is 4.28. The van der Waals surface area contributed by atoms with E-state index < -0.39 is 5.97 Å². The molecular weight excluding hydrogens is 318 g/mol. The van der Waals surface area contributed by atoms with E-state index >= 15 is 0 Å². The smallest absolute Gasteiger partial charge is 0.352 e. The fourth-order valence-electron chi connectivity index (χ4n) is 3.02. The molecule has 0 saturated heterocycles. The van der Waals surface area contributed by atoms with Crippen LogP contribution in [-0.2, 0) is 0 Å². The highest BCUT2D eigenvalue weighted by atomic mass is 16.5. The number of carbonyl (C=O) groups is 1. The maximum atomic E-state index is 11.2. The van der Waals surface area contributed by atoms with Crippen LogP contribution in [0, 0.1) is 0 Å². The maximum absolute atomic E-state index is 11.2. The molecule has 6 nitrogen and oxygen atoms in total. The number of aromatic amines is 1. The van der Waals surface area contributed by atoms with Crippen LogP contribution in [0.1, 0.15) is 42.6 Å². The van der Waals surface area contributed by atoms with E-state index in [1.54, 1.807) is 6.07 Å². The summed E-state index contributed by atoms with van der Waals surface area (Å²) in [6.07, 6.45) is 6.06. The molecule has 1 aliphatic carbocycles. The lowest BCUT2D eigenvalue weighted by Gasteiger charge is -2.24. The van der Waals surface area contributed by atoms with E-state index in [0.717, 1.165) is 35.2 Å². The number of aromatic nitrogens is 1.